The van der Waals surface area contributed by atoms with Crippen molar-refractivity contribution in [2.45, 2.75) is 12.3 Å². The minimum absolute atomic E-state index is 0. The van der Waals surface area contributed by atoms with Crippen molar-refractivity contribution < 1.29 is 13.6 Å². The van der Waals surface area contributed by atoms with Crippen molar-refractivity contribution in [1.29, 1.82) is 0 Å². The molecule has 1 fully saturated rings. The first-order chi connectivity index (χ1) is 8.87. The number of carbonyl (C=O) groups is 1. The largest absolute Gasteiger partial charge is 0.488 e. The van der Waals surface area contributed by atoms with Crippen molar-refractivity contribution in [2.24, 2.45) is 10.7 Å². The fraction of sp³-hybridized carbons (Fsp3) is 0.250. The standard InChI is InChI=1S/C12H10ClF2N3O.Lr/c13-10(19)8-1-3-9(4-2-8)17-11(16)18-6-5-12(14,15)7-18;/h1-3,7H,5-6H2,(H2,16,17);/q-2;. The van der Waals surface area contributed by atoms with Crippen LogP contribution in [0.1, 0.15) is 16.8 Å². The molecule has 0 aliphatic carbocycles. The average Bonchev–Trinajstić information content (AvgIpc) is 2.70. The number of carbonyl (C=O) groups excluding carboxylic acids is 1. The molecule has 8 heteroatoms. The summed E-state index contributed by atoms with van der Waals surface area (Å²) in [5, 5.41) is -0.604. The van der Waals surface area contributed by atoms with E-state index in [0.29, 0.717) is 5.69 Å². The summed E-state index contributed by atoms with van der Waals surface area (Å²) in [5.41, 5.74) is 6.24. The minimum atomic E-state index is -2.85. The van der Waals surface area contributed by atoms with Gasteiger partial charge in [0, 0.05) is 0 Å². The van der Waals surface area contributed by atoms with E-state index < -0.39 is 11.2 Å². The molecular weight excluding hydrogens is 538 g/mol. The first kappa shape index (κ1) is 15.4. The number of aliphatic imine (C=N–C) groups is 1. The third-order valence-corrected chi connectivity index (χ3v) is 2.80. The van der Waals surface area contributed by atoms with Crippen molar-refractivity contribution >= 4 is 28.5 Å². The van der Waals surface area contributed by atoms with E-state index in [4.69, 9.17) is 17.3 Å². The smallest absolute Gasteiger partial charge is 0.197 e. The maximum absolute atomic E-state index is 13.0. The van der Waals surface area contributed by atoms with Gasteiger partial charge in [-0.2, -0.15) is 24.7 Å². The molecule has 1 aliphatic heterocycles. The molecule has 0 unspecified atom stereocenters. The van der Waals surface area contributed by atoms with Crippen molar-refractivity contribution in [3.05, 3.63) is 36.4 Å². The molecule has 1 radical (unpaired) electrons. The molecule has 1 aromatic carbocycles. The summed E-state index contributed by atoms with van der Waals surface area (Å²) in [6.07, 6.45) is -0.285. The Hall–Kier alpha value is -2.69. The Bertz CT molecular complexity index is 522. The predicted octanol–water partition coefficient (Wildman–Crippen LogP) is 2.31. The second kappa shape index (κ2) is 5.52. The number of nitrogens with two attached hydrogens (primary N) is 1. The molecule has 117 valence electrons. The summed E-state index contributed by atoms with van der Waals surface area (Å²) in [6, 6.07) is 7.00. The van der Waals surface area contributed by atoms with E-state index in [1.807, 2.05) is 0 Å². The van der Waals surface area contributed by atoms with Crippen molar-refractivity contribution in [2.75, 3.05) is 6.54 Å². The maximum atomic E-state index is 13.0. The van der Waals surface area contributed by atoms with E-state index in [2.05, 4.69) is 11.1 Å². The van der Waals surface area contributed by atoms with Crippen LogP contribution in [0.4, 0.5) is 14.5 Å². The summed E-state index contributed by atoms with van der Waals surface area (Å²) >= 11 is 5.28. The first-order valence-electron chi connectivity index (χ1n) is 5.44. The Balaban J connectivity index is 0.00000200. The van der Waals surface area contributed by atoms with Crippen LogP contribution in [0.5, 0.6) is 0 Å². The topological polar surface area (TPSA) is 58.7 Å². The zero-order valence-corrected chi connectivity index (χ0v) is 12.9. The summed E-state index contributed by atoms with van der Waals surface area (Å²) in [5.74, 6) is -2.89. The van der Waals surface area contributed by atoms with Gasteiger partial charge in [0.25, 0.3) is 0 Å². The second-order valence-electron chi connectivity index (χ2n) is 4.04. The molecular formula is C12H10ClF2LrN3O-2. The van der Waals surface area contributed by atoms with E-state index >= 15 is 0 Å². The molecule has 2 N–H and O–H groups in total. The normalized spacial score (nSPS) is 17.8. The monoisotopic (exact) mass is 547 g/mol. The van der Waals surface area contributed by atoms with Gasteiger partial charge in [0.1, 0.15) is 0 Å². The van der Waals surface area contributed by atoms with E-state index in [1.54, 1.807) is 0 Å². The summed E-state index contributed by atoms with van der Waals surface area (Å²) < 4.78 is 25.9. The molecule has 1 heterocycles. The van der Waals surface area contributed by atoms with Crippen LogP contribution in [0.15, 0.2) is 23.2 Å². The van der Waals surface area contributed by atoms with Crippen LogP contribution in [-0.4, -0.2) is 28.6 Å². The number of nitrogens with zero attached hydrogens (tertiary/aromatic N) is 2. The molecule has 4 nitrogen and oxygen atoms in total. The van der Waals surface area contributed by atoms with Gasteiger partial charge in [0.05, 0.1) is 0 Å². The van der Waals surface area contributed by atoms with Gasteiger partial charge in [0.2, 0.25) is 0 Å². The van der Waals surface area contributed by atoms with E-state index in [1.165, 1.54) is 23.1 Å². The molecule has 0 atom stereocenters. The molecule has 2 rings (SSSR count). The Kier molecular flexibility index (Phi) is 4.24. The van der Waals surface area contributed by atoms with Crippen molar-refractivity contribution in [1.82, 2.24) is 4.90 Å². The molecule has 20 heavy (non-hydrogen) atoms. The fourth-order valence-corrected chi connectivity index (χ4v) is 1.72. The number of likely N-dealkylation sites (tertiary alicyclic amines) is 1. The number of guanidine groups is 1. The van der Waals surface area contributed by atoms with Gasteiger partial charge in [-0.3, -0.25) is 4.79 Å². The summed E-state index contributed by atoms with van der Waals surface area (Å²) in [4.78, 5) is 16.0. The van der Waals surface area contributed by atoms with Gasteiger partial charge in [-0.05, 0) is 18.7 Å². The van der Waals surface area contributed by atoms with Gasteiger partial charge < -0.3 is 10.6 Å². The number of hydrogen-bond acceptors (Lipinski definition) is 2. The van der Waals surface area contributed by atoms with E-state index in [9.17, 15) is 13.6 Å². The Morgan fingerprint density at radius 2 is 2.25 bits per heavy atom. The van der Waals surface area contributed by atoms with Crippen LogP contribution in [0, 0.1) is 12.6 Å². The Labute approximate surface area is 113 Å². The Morgan fingerprint density at radius 3 is 2.70 bits per heavy atom. The number of hydrogen-bond donors (Lipinski definition) is 1. The third-order valence-electron chi connectivity index (χ3n) is 2.58. The van der Waals surface area contributed by atoms with Crippen molar-refractivity contribution in [3.8, 4) is 0 Å². The zero-order chi connectivity index (χ0) is 14.0. The zero-order valence-electron chi connectivity index (χ0n) is 10.00. The number of benzene rings is 1. The molecule has 0 bridgehead atoms. The van der Waals surface area contributed by atoms with Crippen LogP contribution < -0.4 is 5.73 Å². The van der Waals surface area contributed by atoms with Gasteiger partial charge >= 0.3 is 0 Å². The van der Waals surface area contributed by atoms with Crippen LogP contribution in [0.3, 0.4) is 0 Å². The van der Waals surface area contributed by atoms with Gasteiger partial charge in [0.15, 0.2) is 17.1 Å². The molecule has 0 aromatic heterocycles. The van der Waals surface area contributed by atoms with Gasteiger partial charge in [-0.25, -0.2) is 13.8 Å². The van der Waals surface area contributed by atoms with Crippen LogP contribution in [-0.2, 0) is 0 Å². The maximum Gasteiger partial charge on any atom is 0.197 e. The number of alkyl halides is 2. The van der Waals surface area contributed by atoms with E-state index in [0.717, 1.165) is 6.54 Å². The quantitative estimate of drug-likeness (QED) is 0.268. The van der Waals surface area contributed by atoms with Gasteiger partial charge in [-0.1, -0.05) is 17.2 Å². The van der Waals surface area contributed by atoms with Crippen LogP contribution in [0.25, 0.3) is 0 Å². The summed E-state index contributed by atoms with van der Waals surface area (Å²) in [7, 11) is 0. The van der Waals surface area contributed by atoms with Crippen LogP contribution >= 0.6 is 11.6 Å². The second-order valence-corrected chi connectivity index (χ2v) is 4.38. The predicted molar refractivity (Wildman–Crippen MR) is 67.3 cm³/mol. The summed E-state index contributed by atoms with van der Waals surface area (Å²) in [6.45, 7) is 0.864. The molecule has 1 aliphatic rings. The molecule has 1 saturated heterocycles. The molecule has 0 amide bonds. The number of rotatable bonds is 2. The van der Waals surface area contributed by atoms with Gasteiger partial charge in [-0.15, -0.1) is 6.07 Å². The van der Waals surface area contributed by atoms with Crippen molar-refractivity contribution in [3.63, 3.8) is 0 Å². The SMILES string of the molecule is NC(=Nc1[c-]cc(C(=O)Cl)cc1)N1[CH-]C(F)(F)CC1.[Lr]. The van der Waals surface area contributed by atoms with E-state index in [-0.39, 0.29) is 24.5 Å². The Morgan fingerprint density at radius 1 is 1.55 bits per heavy atom. The molecule has 0 saturated carbocycles. The molecule has 1 aromatic rings. The van der Waals surface area contributed by atoms with Crippen LogP contribution in [0.2, 0.25) is 0 Å². The third kappa shape index (κ3) is 3.41. The average molecular weight is 548 g/mol. The molecule has 0 spiro atoms. The minimum Gasteiger partial charge on any atom is -0.488 e. The first-order valence-corrected chi connectivity index (χ1v) is 5.81. The fourth-order valence-electron chi connectivity index (χ4n) is 1.60. The number of halogens is 3.